The van der Waals surface area contributed by atoms with Crippen LogP contribution in [-0.4, -0.2) is 16.2 Å². The Morgan fingerprint density at radius 3 is 2.95 bits per heavy atom. The number of rotatable bonds is 6. The fraction of sp³-hybridized carbons (Fsp3) is 0.235. The second kappa shape index (κ2) is 6.31. The van der Waals surface area contributed by atoms with Crippen molar-refractivity contribution >= 4 is 5.69 Å². The first-order valence-corrected chi connectivity index (χ1v) is 7.20. The van der Waals surface area contributed by atoms with Gasteiger partial charge in [-0.25, -0.2) is 0 Å². The van der Waals surface area contributed by atoms with E-state index in [2.05, 4.69) is 46.7 Å². The number of anilines is 1. The summed E-state index contributed by atoms with van der Waals surface area (Å²) in [5.41, 5.74) is 3.28. The van der Waals surface area contributed by atoms with E-state index in [1.807, 2.05) is 18.2 Å². The second-order valence-electron chi connectivity index (χ2n) is 5.21. The van der Waals surface area contributed by atoms with Crippen molar-refractivity contribution in [1.29, 1.82) is 0 Å². The number of benzene rings is 1. The van der Waals surface area contributed by atoms with Gasteiger partial charge in [-0.3, -0.25) is 5.10 Å². The van der Waals surface area contributed by atoms with Crippen molar-refractivity contribution in [3.05, 3.63) is 60.7 Å². The average molecular weight is 281 g/mol. The lowest BCUT2D eigenvalue weighted by Crippen LogP contribution is -2.15. The van der Waals surface area contributed by atoms with Gasteiger partial charge in [-0.2, -0.15) is 5.10 Å². The summed E-state index contributed by atoms with van der Waals surface area (Å²) in [5.74, 6) is 1.04. The summed E-state index contributed by atoms with van der Waals surface area (Å²) in [6.45, 7) is 2.19. The van der Waals surface area contributed by atoms with Gasteiger partial charge in [0.15, 0.2) is 0 Å². The van der Waals surface area contributed by atoms with Crippen LogP contribution in [0.25, 0.3) is 11.3 Å². The average Bonchev–Trinajstić information content (AvgIpc) is 3.19. The minimum absolute atomic E-state index is 0.382. The Morgan fingerprint density at radius 1 is 1.24 bits per heavy atom. The Morgan fingerprint density at radius 2 is 2.19 bits per heavy atom. The number of aryl methyl sites for hydroxylation is 1. The Kier molecular flexibility index (Phi) is 4.05. The standard InChI is InChI=1S/C17H19N3O/c1-13(7-8-16-6-3-11-21-16)19-15-5-2-4-14(12-15)17-9-10-18-20-17/h2-6,9-13,19H,7-8H2,1H3,(H,18,20). The molecule has 1 aromatic carbocycles. The van der Waals surface area contributed by atoms with Crippen LogP contribution in [0, 0.1) is 0 Å². The van der Waals surface area contributed by atoms with E-state index < -0.39 is 0 Å². The molecule has 4 heteroatoms. The molecular weight excluding hydrogens is 262 g/mol. The van der Waals surface area contributed by atoms with E-state index in [0.717, 1.165) is 35.5 Å². The fourth-order valence-corrected chi connectivity index (χ4v) is 2.36. The monoisotopic (exact) mass is 281 g/mol. The van der Waals surface area contributed by atoms with Crippen LogP contribution >= 0.6 is 0 Å². The molecule has 3 aromatic rings. The molecule has 0 bridgehead atoms. The van der Waals surface area contributed by atoms with Crippen molar-refractivity contribution in [2.24, 2.45) is 0 Å². The predicted octanol–water partition coefficient (Wildman–Crippen LogP) is 4.10. The Labute approximate surface area is 124 Å². The maximum absolute atomic E-state index is 5.36. The SMILES string of the molecule is CC(CCc1ccco1)Nc1cccc(-c2ccn[nH]2)c1. The topological polar surface area (TPSA) is 53.9 Å². The first kappa shape index (κ1) is 13.5. The Balaban J connectivity index is 1.60. The lowest BCUT2D eigenvalue weighted by molar-refractivity contribution is 0.495. The predicted molar refractivity (Wildman–Crippen MR) is 84.1 cm³/mol. The van der Waals surface area contributed by atoms with Crippen LogP contribution < -0.4 is 5.32 Å². The minimum atomic E-state index is 0.382. The van der Waals surface area contributed by atoms with Crippen molar-refractivity contribution in [2.75, 3.05) is 5.32 Å². The number of H-pyrrole nitrogens is 1. The van der Waals surface area contributed by atoms with Crippen LogP contribution in [0.15, 0.2) is 59.3 Å². The molecule has 0 radical (unpaired) electrons. The smallest absolute Gasteiger partial charge is 0.103 e. The van der Waals surface area contributed by atoms with Gasteiger partial charge in [-0.15, -0.1) is 0 Å². The molecule has 0 aliphatic carbocycles. The van der Waals surface area contributed by atoms with Gasteiger partial charge in [-0.05, 0) is 43.7 Å². The lowest BCUT2D eigenvalue weighted by Gasteiger charge is -2.15. The zero-order valence-corrected chi connectivity index (χ0v) is 12.0. The van der Waals surface area contributed by atoms with Crippen LogP contribution in [0.5, 0.6) is 0 Å². The van der Waals surface area contributed by atoms with Gasteiger partial charge in [-0.1, -0.05) is 12.1 Å². The van der Waals surface area contributed by atoms with Crippen LogP contribution in [-0.2, 0) is 6.42 Å². The van der Waals surface area contributed by atoms with Gasteiger partial charge < -0.3 is 9.73 Å². The van der Waals surface area contributed by atoms with Crippen LogP contribution in [0.2, 0.25) is 0 Å². The molecule has 1 unspecified atom stereocenters. The molecule has 0 saturated carbocycles. The minimum Gasteiger partial charge on any atom is -0.469 e. The van der Waals surface area contributed by atoms with E-state index in [1.165, 1.54) is 0 Å². The van der Waals surface area contributed by atoms with Gasteiger partial charge in [0.2, 0.25) is 0 Å². The molecule has 0 spiro atoms. The third-order valence-electron chi connectivity index (χ3n) is 3.49. The Bertz CT molecular complexity index is 659. The molecule has 2 heterocycles. The van der Waals surface area contributed by atoms with E-state index in [4.69, 9.17) is 4.42 Å². The van der Waals surface area contributed by atoms with Crippen LogP contribution in [0.3, 0.4) is 0 Å². The summed E-state index contributed by atoms with van der Waals surface area (Å²) < 4.78 is 5.36. The van der Waals surface area contributed by atoms with E-state index in [9.17, 15) is 0 Å². The number of aromatic amines is 1. The molecular formula is C17H19N3O. The zero-order valence-electron chi connectivity index (χ0n) is 12.0. The largest absolute Gasteiger partial charge is 0.469 e. The summed E-state index contributed by atoms with van der Waals surface area (Å²) in [4.78, 5) is 0. The first-order valence-electron chi connectivity index (χ1n) is 7.20. The van der Waals surface area contributed by atoms with Gasteiger partial charge in [0.1, 0.15) is 5.76 Å². The van der Waals surface area contributed by atoms with Gasteiger partial charge in [0.05, 0.1) is 12.0 Å². The molecule has 108 valence electrons. The number of hydrogen-bond acceptors (Lipinski definition) is 3. The molecule has 0 amide bonds. The highest BCUT2D eigenvalue weighted by Gasteiger charge is 2.06. The van der Waals surface area contributed by atoms with Crippen molar-refractivity contribution in [1.82, 2.24) is 10.2 Å². The molecule has 0 saturated heterocycles. The number of nitrogens with one attached hydrogen (secondary N) is 2. The van der Waals surface area contributed by atoms with Crippen LogP contribution in [0.4, 0.5) is 5.69 Å². The summed E-state index contributed by atoms with van der Waals surface area (Å²) in [6, 6.07) is 14.7. The third-order valence-corrected chi connectivity index (χ3v) is 3.49. The van der Waals surface area contributed by atoms with E-state index in [-0.39, 0.29) is 0 Å². The Hall–Kier alpha value is -2.49. The summed E-state index contributed by atoms with van der Waals surface area (Å²) >= 11 is 0. The zero-order chi connectivity index (χ0) is 14.5. The molecule has 0 aliphatic heterocycles. The van der Waals surface area contributed by atoms with Crippen molar-refractivity contribution < 1.29 is 4.42 Å². The maximum atomic E-state index is 5.36. The molecule has 2 aromatic heterocycles. The van der Waals surface area contributed by atoms with Gasteiger partial charge >= 0.3 is 0 Å². The molecule has 21 heavy (non-hydrogen) atoms. The highest BCUT2D eigenvalue weighted by molar-refractivity contribution is 5.64. The highest BCUT2D eigenvalue weighted by Crippen LogP contribution is 2.21. The lowest BCUT2D eigenvalue weighted by atomic mass is 10.1. The fourth-order valence-electron chi connectivity index (χ4n) is 2.36. The molecule has 2 N–H and O–H groups in total. The molecule has 3 rings (SSSR count). The normalized spacial score (nSPS) is 12.2. The van der Waals surface area contributed by atoms with Crippen molar-refractivity contribution in [2.45, 2.75) is 25.8 Å². The van der Waals surface area contributed by atoms with Crippen LogP contribution in [0.1, 0.15) is 19.1 Å². The second-order valence-corrected chi connectivity index (χ2v) is 5.21. The molecule has 0 fully saturated rings. The summed E-state index contributed by atoms with van der Waals surface area (Å²) in [6.07, 6.45) is 5.46. The number of furan rings is 1. The van der Waals surface area contributed by atoms with E-state index in [1.54, 1.807) is 12.5 Å². The maximum Gasteiger partial charge on any atom is 0.103 e. The molecule has 1 atom stereocenters. The summed E-state index contributed by atoms with van der Waals surface area (Å²) in [5, 5.41) is 10.5. The van der Waals surface area contributed by atoms with E-state index in [0.29, 0.717) is 6.04 Å². The van der Waals surface area contributed by atoms with Gasteiger partial charge in [0, 0.05) is 29.9 Å². The van der Waals surface area contributed by atoms with Gasteiger partial charge in [0.25, 0.3) is 0 Å². The molecule has 0 aliphatic rings. The molecule has 4 nitrogen and oxygen atoms in total. The number of aromatic nitrogens is 2. The summed E-state index contributed by atoms with van der Waals surface area (Å²) in [7, 11) is 0. The number of nitrogens with zero attached hydrogens (tertiary/aromatic N) is 1. The highest BCUT2D eigenvalue weighted by atomic mass is 16.3. The van der Waals surface area contributed by atoms with Crippen molar-refractivity contribution in [3.8, 4) is 11.3 Å². The van der Waals surface area contributed by atoms with Crippen molar-refractivity contribution in [3.63, 3.8) is 0 Å². The first-order chi connectivity index (χ1) is 10.3. The third kappa shape index (κ3) is 3.54. The quantitative estimate of drug-likeness (QED) is 0.715. The number of hydrogen-bond donors (Lipinski definition) is 2. The van der Waals surface area contributed by atoms with E-state index >= 15 is 0 Å².